The van der Waals surface area contributed by atoms with Gasteiger partial charge in [-0.15, -0.1) is 0 Å². The summed E-state index contributed by atoms with van der Waals surface area (Å²) in [5.41, 5.74) is 3.43. The van der Waals surface area contributed by atoms with E-state index in [1.807, 2.05) is 6.92 Å². The van der Waals surface area contributed by atoms with Crippen LogP contribution < -0.4 is 5.32 Å². The second-order valence-corrected chi connectivity index (χ2v) is 5.84. The van der Waals surface area contributed by atoms with E-state index in [4.69, 9.17) is 0 Å². The highest BCUT2D eigenvalue weighted by atomic mass is 14.9. The number of anilines is 1. The maximum Gasteiger partial charge on any atom is 0.0606 e. The lowest BCUT2D eigenvalue weighted by atomic mass is 9.80. The number of nitrogens with zero attached hydrogens (tertiary/aromatic N) is 1. The van der Waals surface area contributed by atoms with Crippen LogP contribution in [0.3, 0.4) is 0 Å². The molecular weight excluding hydrogens is 208 g/mol. The van der Waals surface area contributed by atoms with Gasteiger partial charge in [0.15, 0.2) is 0 Å². The first-order valence-electron chi connectivity index (χ1n) is 6.75. The van der Waals surface area contributed by atoms with Gasteiger partial charge in [0.1, 0.15) is 0 Å². The van der Waals surface area contributed by atoms with E-state index in [9.17, 15) is 0 Å². The lowest BCUT2D eigenvalue weighted by molar-refractivity contribution is 0.280. The molecule has 0 radical (unpaired) electrons. The molecule has 2 heteroatoms. The van der Waals surface area contributed by atoms with Crippen molar-refractivity contribution >= 4 is 5.69 Å². The molecule has 2 nitrogen and oxygen atoms in total. The van der Waals surface area contributed by atoms with E-state index in [1.54, 1.807) is 0 Å². The van der Waals surface area contributed by atoms with Crippen LogP contribution in [0.1, 0.15) is 44.5 Å². The van der Waals surface area contributed by atoms with Crippen molar-refractivity contribution in [3.05, 3.63) is 23.5 Å². The van der Waals surface area contributed by atoms with Crippen molar-refractivity contribution in [3.8, 4) is 0 Å². The van der Waals surface area contributed by atoms with Gasteiger partial charge in [-0.2, -0.15) is 0 Å². The zero-order chi connectivity index (χ0) is 12.4. The van der Waals surface area contributed by atoms with Gasteiger partial charge in [0.25, 0.3) is 0 Å². The zero-order valence-corrected chi connectivity index (χ0v) is 11.5. The van der Waals surface area contributed by atoms with E-state index >= 15 is 0 Å². The summed E-state index contributed by atoms with van der Waals surface area (Å²) in [6.07, 6.45) is 3.96. The number of pyridine rings is 1. The Morgan fingerprint density at radius 2 is 1.71 bits per heavy atom. The van der Waals surface area contributed by atoms with Gasteiger partial charge >= 0.3 is 0 Å². The number of nitrogens with one attached hydrogen (secondary N) is 1. The Bertz CT molecular complexity index is 377. The summed E-state index contributed by atoms with van der Waals surface area (Å²) in [7, 11) is 0. The van der Waals surface area contributed by atoms with Crippen LogP contribution in [-0.4, -0.2) is 11.0 Å². The molecule has 2 unspecified atom stereocenters. The Morgan fingerprint density at radius 1 is 1.06 bits per heavy atom. The normalized spacial score (nSPS) is 29.1. The van der Waals surface area contributed by atoms with E-state index in [-0.39, 0.29) is 0 Å². The van der Waals surface area contributed by atoms with Gasteiger partial charge in [-0.05, 0) is 57.1 Å². The first-order valence-corrected chi connectivity index (χ1v) is 6.75. The predicted octanol–water partition coefficient (Wildman–Crippen LogP) is 3.94. The highest BCUT2D eigenvalue weighted by Gasteiger charge is 2.23. The number of hydrogen-bond acceptors (Lipinski definition) is 2. The molecule has 2 rings (SSSR count). The van der Waals surface area contributed by atoms with Gasteiger partial charge < -0.3 is 5.32 Å². The molecule has 1 N–H and O–H groups in total. The maximum absolute atomic E-state index is 4.51. The van der Waals surface area contributed by atoms with Crippen LogP contribution in [-0.2, 0) is 0 Å². The van der Waals surface area contributed by atoms with Gasteiger partial charge in [-0.25, -0.2) is 0 Å². The van der Waals surface area contributed by atoms with Crippen molar-refractivity contribution < 1.29 is 0 Å². The molecular formula is C15H24N2. The van der Waals surface area contributed by atoms with Gasteiger partial charge in [-0.3, -0.25) is 4.98 Å². The molecule has 1 fully saturated rings. The fourth-order valence-corrected chi connectivity index (χ4v) is 3.12. The molecule has 1 heterocycles. The van der Waals surface area contributed by atoms with Crippen molar-refractivity contribution in [2.75, 3.05) is 5.32 Å². The highest BCUT2D eigenvalue weighted by Crippen LogP contribution is 2.30. The minimum atomic E-state index is 0.622. The summed E-state index contributed by atoms with van der Waals surface area (Å²) < 4.78 is 0. The lowest BCUT2D eigenvalue weighted by Crippen LogP contribution is -2.30. The van der Waals surface area contributed by atoms with Gasteiger partial charge in [0.2, 0.25) is 0 Å². The van der Waals surface area contributed by atoms with E-state index in [1.165, 1.54) is 24.9 Å². The van der Waals surface area contributed by atoms with E-state index < -0.39 is 0 Å². The fraction of sp³-hybridized carbons (Fsp3) is 0.667. The van der Waals surface area contributed by atoms with Gasteiger partial charge in [-0.1, -0.05) is 13.8 Å². The molecule has 1 saturated carbocycles. The van der Waals surface area contributed by atoms with Crippen LogP contribution >= 0.6 is 0 Å². The van der Waals surface area contributed by atoms with Crippen LogP contribution in [0.4, 0.5) is 5.69 Å². The molecule has 2 atom stereocenters. The lowest BCUT2D eigenvalue weighted by Gasteiger charge is -2.32. The third-order valence-electron chi connectivity index (χ3n) is 3.76. The summed E-state index contributed by atoms with van der Waals surface area (Å²) in [4.78, 5) is 4.51. The molecule has 94 valence electrons. The van der Waals surface area contributed by atoms with Crippen LogP contribution in [0, 0.1) is 25.7 Å². The first kappa shape index (κ1) is 12.4. The quantitative estimate of drug-likeness (QED) is 0.835. The van der Waals surface area contributed by atoms with E-state index in [0.717, 1.165) is 23.2 Å². The average molecular weight is 232 g/mol. The molecule has 1 aromatic heterocycles. The fourth-order valence-electron chi connectivity index (χ4n) is 3.12. The van der Waals surface area contributed by atoms with Crippen LogP contribution in [0.2, 0.25) is 0 Å². The predicted molar refractivity (Wildman–Crippen MR) is 73.3 cm³/mol. The SMILES string of the molecule is Cc1ccc(NC2CC(C)CC(C)C2)c(C)n1. The third kappa shape index (κ3) is 3.21. The summed E-state index contributed by atoms with van der Waals surface area (Å²) in [6, 6.07) is 4.88. The Labute approximate surface area is 105 Å². The van der Waals surface area contributed by atoms with Gasteiger partial charge in [0.05, 0.1) is 11.4 Å². The molecule has 0 aliphatic heterocycles. The Hall–Kier alpha value is -1.05. The van der Waals surface area contributed by atoms with E-state index in [0.29, 0.717) is 6.04 Å². The molecule has 0 saturated heterocycles. The molecule has 17 heavy (non-hydrogen) atoms. The Kier molecular flexibility index (Phi) is 3.70. The standard InChI is InChI=1S/C15H24N2/c1-10-7-11(2)9-14(8-10)17-15-6-5-12(3)16-13(15)4/h5-6,10-11,14,17H,7-9H2,1-4H3. The van der Waals surface area contributed by atoms with Crippen molar-refractivity contribution in [1.82, 2.24) is 4.98 Å². The maximum atomic E-state index is 4.51. The monoisotopic (exact) mass is 232 g/mol. The Morgan fingerprint density at radius 3 is 2.29 bits per heavy atom. The number of rotatable bonds is 2. The third-order valence-corrected chi connectivity index (χ3v) is 3.76. The molecule has 0 bridgehead atoms. The average Bonchev–Trinajstić information content (AvgIpc) is 2.21. The molecule has 0 spiro atoms. The number of hydrogen-bond donors (Lipinski definition) is 1. The largest absolute Gasteiger partial charge is 0.381 e. The number of aryl methyl sites for hydroxylation is 2. The van der Waals surface area contributed by atoms with E-state index in [2.05, 4.69) is 43.2 Å². The van der Waals surface area contributed by atoms with Crippen LogP contribution in [0.5, 0.6) is 0 Å². The summed E-state index contributed by atoms with van der Waals surface area (Å²) >= 11 is 0. The zero-order valence-electron chi connectivity index (χ0n) is 11.5. The summed E-state index contributed by atoms with van der Waals surface area (Å²) in [5.74, 6) is 1.69. The molecule has 0 aromatic carbocycles. The van der Waals surface area contributed by atoms with Crippen molar-refractivity contribution in [2.45, 2.75) is 53.0 Å². The molecule has 1 aliphatic rings. The summed E-state index contributed by atoms with van der Waals surface area (Å²) in [5, 5.41) is 3.67. The smallest absolute Gasteiger partial charge is 0.0606 e. The molecule has 0 amide bonds. The first-order chi connectivity index (χ1) is 8.04. The number of aromatic nitrogens is 1. The second kappa shape index (κ2) is 5.07. The molecule has 1 aromatic rings. The van der Waals surface area contributed by atoms with Crippen molar-refractivity contribution in [1.29, 1.82) is 0 Å². The minimum absolute atomic E-state index is 0.622. The Balaban J connectivity index is 2.04. The van der Waals surface area contributed by atoms with Crippen LogP contribution in [0.25, 0.3) is 0 Å². The minimum Gasteiger partial charge on any atom is -0.381 e. The van der Waals surface area contributed by atoms with Crippen molar-refractivity contribution in [3.63, 3.8) is 0 Å². The van der Waals surface area contributed by atoms with Crippen molar-refractivity contribution in [2.24, 2.45) is 11.8 Å². The topological polar surface area (TPSA) is 24.9 Å². The molecule has 1 aliphatic carbocycles. The van der Waals surface area contributed by atoms with Crippen LogP contribution in [0.15, 0.2) is 12.1 Å². The highest BCUT2D eigenvalue weighted by molar-refractivity contribution is 5.48. The summed E-state index contributed by atoms with van der Waals surface area (Å²) in [6.45, 7) is 8.86. The second-order valence-electron chi connectivity index (χ2n) is 5.84. The van der Waals surface area contributed by atoms with Gasteiger partial charge in [0, 0.05) is 11.7 Å².